The maximum Gasteiger partial charge on any atom is 0.234 e. The van der Waals surface area contributed by atoms with E-state index in [-0.39, 0.29) is 5.91 Å². The molecule has 1 aliphatic heterocycles. The molecule has 0 atom stereocenters. The van der Waals surface area contributed by atoms with Gasteiger partial charge < -0.3 is 5.32 Å². The van der Waals surface area contributed by atoms with Crippen molar-refractivity contribution in [1.29, 1.82) is 0 Å². The maximum atomic E-state index is 12.1. The van der Waals surface area contributed by atoms with Crippen LogP contribution in [0.25, 0.3) is 0 Å². The first-order chi connectivity index (χ1) is 10.7. The number of piperazine rings is 1. The Morgan fingerprint density at radius 2 is 1.91 bits per heavy atom. The van der Waals surface area contributed by atoms with E-state index in [0.29, 0.717) is 18.1 Å². The minimum Gasteiger partial charge on any atom is -0.351 e. The van der Waals surface area contributed by atoms with Gasteiger partial charge in [0.2, 0.25) is 5.91 Å². The average Bonchev–Trinajstić information content (AvgIpc) is 2.47. The van der Waals surface area contributed by atoms with E-state index in [0.717, 1.165) is 37.8 Å². The molecule has 0 unspecified atom stereocenters. The lowest BCUT2D eigenvalue weighted by Crippen LogP contribution is -2.53. The molecule has 4 nitrogen and oxygen atoms in total. The first kappa shape index (κ1) is 15.8. The number of nitrogens with zero attached hydrogens (tertiary/aromatic N) is 2. The molecule has 0 radical (unpaired) electrons. The normalized spacial score (nSPS) is 20.6. The van der Waals surface area contributed by atoms with Gasteiger partial charge in [-0.05, 0) is 24.5 Å². The Morgan fingerprint density at radius 3 is 2.55 bits per heavy atom. The summed E-state index contributed by atoms with van der Waals surface area (Å²) in [7, 11) is 0. The zero-order valence-electron chi connectivity index (χ0n) is 12.9. The van der Waals surface area contributed by atoms with Crippen molar-refractivity contribution in [1.82, 2.24) is 15.1 Å². The lowest BCUT2D eigenvalue weighted by atomic mass is 9.91. The van der Waals surface area contributed by atoms with Crippen LogP contribution in [0.2, 0.25) is 5.02 Å². The standard InChI is InChI=1S/C17H24ClN3O/c18-16-7-2-1-4-14(16)12-19-17(22)13-20-8-10-21(11-9-20)15-5-3-6-15/h1-2,4,7,15H,3,5-6,8-13H2,(H,19,22). The largest absolute Gasteiger partial charge is 0.351 e. The van der Waals surface area contributed by atoms with Crippen LogP contribution in [0.4, 0.5) is 0 Å². The highest BCUT2D eigenvalue weighted by molar-refractivity contribution is 6.31. The molecule has 2 aliphatic rings. The first-order valence-electron chi connectivity index (χ1n) is 8.19. The van der Waals surface area contributed by atoms with Crippen molar-refractivity contribution in [3.63, 3.8) is 0 Å². The number of halogens is 1. The molecule has 120 valence electrons. The molecular weight excluding hydrogens is 298 g/mol. The van der Waals surface area contributed by atoms with Crippen LogP contribution < -0.4 is 5.32 Å². The number of nitrogens with one attached hydrogen (secondary N) is 1. The van der Waals surface area contributed by atoms with E-state index in [4.69, 9.17) is 11.6 Å². The third kappa shape index (κ3) is 4.00. The maximum absolute atomic E-state index is 12.1. The van der Waals surface area contributed by atoms with Crippen molar-refractivity contribution in [2.45, 2.75) is 31.8 Å². The predicted molar refractivity (Wildman–Crippen MR) is 89.0 cm³/mol. The molecule has 3 rings (SSSR count). The second kappa shape index (κ2) is 7.44. The van der Waals surface area contributed by atoms with Crippen LogP contribution in [-0.4, -0.2) is 54.5 Å². The van der Waals surface area contributed by atoms with Crippen LogP contribution in [0, 0.1) is 0 Å². The Kier molecular flexibility index (Phi) is 5.34. The van der Waals surface area contributed by atoms with Gasteiger partial charge in [0, 0.05) is 43.8 Å². The van der Waals surface area contributed by atoms with Crippen LogP contribution in [0.3, 0.4) is 0 Å². The molecule has 0 bridgehead atoms. The highest BCUT2D eigenvalue weighted by Crippen LogP contribution is 2.25. The molecule has 1 saturated heterocycles. The fourth-order valence-electron chi connectivity index (χ4n) is 3.13. The quantitative estimate of drug-likeness (QED) is 0.902. The third-order valence-electron chi connectivity index (χ3n) is 4.80. The highest BCUT2D eigenvalue weighted by Gasteiger charge is 2.28. The summed E-state index contributed by atoms with van der Waals surface area (Å²) in [5.74, 6) is 0.0806. The SMILES string of the molecule is O=C(CN1CCN(C2CCC2)CC1)NCc1ccccc1Cl. The zero-order valence-corrected chi connectivity index (χ0v) is 13.7. The van der Waals surface area contributed by atoms with Gasteiger partial charge in [0.25, 0.3) is 0 Å². The third-order valence-corrected chi connectivity index (χ3v) is 5.17. The average molecular weight is 322 g/mol. The number of amides is 1. The number of rotatable bonds is 5. The number of carbonyl (C=O) groups excluding carboxylic acids is 1. The number of hydrogen-bond donors (Lipinski definition) is 1. The number of benzene rings is 1. The summed E-state index contributed by atoms with van der Waals surface area (Å²) in [5.41, 5.74) is 0.965. The van der Waals surface area contributed by atoms with E-state index < -0.39 is 0 Å². The minimum atomic E-state index is 0.0806. The molecule has 5 heteroatoms. The van der Waals surface area contributed by atoms with Crippen molar-refractivity contribution in [2.75, 3.05) is 32.7 Å². The van der Waals surface area contributed by atoms with Gasteiger partial charge in [0.1, 0.15) is 0 Å². The first-order valence-corrected chi connectivity index (χ1v) is 8.56. The van der Waals surface area contributed by atoms with Crippen molar-refractivity contribution < 1.29 is 4.79 Å². The Balaban J connectivity index is 1.38. The molecule has 1 N–H and O–H groups in total. The molecule has 0 aromatic heterocycles. The number of hydrogen-bond acceptors (Lipinski definition) is 3. The van der Waals surface area contributed by atoms with Crippen LogP contribution in [-0.2, 0) is 11.3 Å². The Bertz CT molecular complexity index is 510. The summed E-state index contributed by atoms with van der Waals surface area (Å²) in [4.78, 5) is 16.9. The predicted octanol–water partition coefficient (Wildman–Crippen LogP) is 2.13. The second-order valence-electron chi connectivity index (χ2n) is 6.26. The lowest BCUT2D eigenvalue weighted by Gasteiger charge is -2.42. The fraction of sp³-hybridized carbons (Fsp3) is 0.588. The number of carbonyl (C=O) groups is 1. The van der Waals surface area contributed by atoms with Crippen LogP contribution in [0.1, 0.15) is 24.8 Å². The second-order valence-corrected chi connectivity index (χ2v) is 6.67. The van der Waals surface area contributed by atoms with Crippen molar-refractivity contribution in [3.8, 4) is 0 Å². The van der Waals surface area contributed by atoms with Gasteiger partial charge >= 0.3 is 0 Å². The zero-order chi connectivity index (χ0) is 15.4. The van der Waals surface area contributed by atoms with Gasteiger partial charge in [-0.25, -0.2) is 0 Å². The summed E-state index contributed by atoms with van der Waals surface area (Å²) in [6, 6.07) is 8.45. The smallest absolute Gasteiger partial charge is 0.234 e. The Hall–Kier alpha value is -1.10. The molecule has 1 aromatic rings. The summed E-state index contributed by atoms with van der Waals surface area (Å²) < 4.78 is 0. The van der Waals surface area contributed by atoms with E-state index in [9.17, 15) is 4.79 Å². The molecule has 1 heterocycles. The fourth-order valence-corrected chi connectivity index (χ4v) is 3.34. The van der Waals surface area contributed by atoms with Gasteiger partial charge in [-0.3, -0.25) is 14.6 Å². The molecular formula is C17H24ClN3O. The van der Waals surface area contributed by atoms with E-state index in [1.807, 2.05) is 24.3 Å². The van der Waals surface area contributed by atoms with Crippen molar-refractivity contribution in [3.05, 3.63) is 34.9 Å². The van der Waals surface area contributed by atoms with Gasteiger partial charge in [0.15, 0.2) is 0 Å². The molecule has 1 aliphatic carbocycles. The highest BCUT2D eigenvalue weighted by atomic mass is 35.5. The van der Waals surface area contributed by atoms with Gasteiger partial charge in [0.05, 0.1) is 6.54 Å². The van der Waals surface area contributed by atoms with Gasteiger partial charge in [-0.15, -0.1) is 0 Å². The van der Waals surface area contributed by atoms with E-state index in [1.165, 1.54) is 19.3 Å². The van der Waals surface area contributed by atoms with E-state index in [1.54, 1.807) is 0 Å². The summed E-state index contributed by atoms with van der Waals surface area (Å²) in [6.45, 7) is 5.18. The van der Waals surface area contributed by atoms with Crippen molar-refractivity contribution in [2.24, 2.45) is 0 Å². The summed E-state index contributed by atoms with van der Waals surface area (Å²) in [5, 5.41) is 3.67. The van der Waals surface area contributed by atoms with Gasteiger partial charge in [-0.1, -0.05) is 36.2 Å². The molecule has 22 heavy (non-hydrogen) atoms. The van der Waals surface area contributed by atoms with Crippen molar-refractivity contribution >= 4 is 17.5 Å². The Morgan fingerprint density at radius 1 is 1.18 bits per heavy atom. The molecule has 2 fully saturated rings. The van der Waals surface area contributed by atoms with Crippen LogP contribution >= 0.6 is 11.6 Å². The summed E-state index contributed by atoms with van der Waals surface area (Å²) >= 11 is 6.10. The molecule has 1 amide bonds. The molecule has 1 saturated carbocycles. The van der Waals surface area contributed by atoms with Crippen LogP contribution in [0.5, 0.6) is 0 Å². The molecule has 1 aromatic carbocycles. The summed E-state index contributed by atoms with van der Waals surface area (Å²) in [6.07, 6.45) is 4.10. The van der Waals surface area contributed by atoms with E-state index >= 15 is 0 Å². The van der Waals surface area contributed by atoms with Crippen LogP contribution in [0.15, 0.2) is 24.3 Å². The Labute approximate surface area is 137 Å². The monoisotopic (exact) mass is 321 g/mol. The topological polar surface area (TPSA) is 35.6 Å². The van der Waals surface area contributed by atoms with E-state index in [2.05, 4.69) is 15.1 Å². The molecule has 0 spiro atoms. The lowest BCUT2D eigenvalue weighted by molar-refractivity contribution is -0.123. The minimum absolute atomic E-state index is 0.0806. The van der Waals surface area contributed by atoms with Gasteiger partial charge in [-0.2, -0.15) is 0 Å².